The summed E-state index contributed by atoms with van der Waals surface area (Å²) >= 11 is 0. The van der Waals surface area contributed by atoms with E-state index in [1.54, 1.807) is 53.7 Å². The van der Waals surface area contributed by atoms with Crippen molar-refractivity contribution in [1.29, 1.82) is 10.5 Å². The number of aliphatic hydroxyl groups is 3. The Hall–Kier alpha value is -5.19. The van der Waals surface area contributed by atoms with E-state index in [0.29, 0.717) is 50.5 Å². The number of fused-ring (bicyclic) bond motifs is 16. The molecule has 20 heteroatoms. The Morgan fingerprint density at radius 1 is 0.815 bits per heavy atom. The lowest BCUT2D eigenvalue weighted by molar-refractivity contribution is -0.265. The van der Waals surface area contributed by atoms with Crippen LogP contribution in [0.3, 0.4) is 0 Å². The zero-order valence-corrected chi connectivity index (χ0v) is 49.6. The van der Waals surface area contributed by atoms with Crippen molar-refractivity contribution in [3.8, 4) is 12.1 Å². The highest BCUT2D eigenvalue weighted by molar-refractivity contribution is 6.39. The standard InChI is InChI=1S/C61H89N3O17/c1-13-78-57(72)59(32-62)42-20-22-44(60(59,33-63)58(73)79-14-2)34(3)25-38(7)51(67)53(77-12)52(68)39(8)26-35(4)47(66)31-49(36(5)27-41-19-23-46(65)50(29-41)76-11)80-56(71)45-17-15-16-24-64(45)55(70)54(69)61(74)40(9)18-21-43(81-61)30-48(75-10)37(6)28-42/h20,22,26,28,34-36,38,40-46,48-50,52-53,65,68,74H,13-19,21,23-25,27,29-31H2,1-12H3/b37-28+,39-26-/t34-,35+,36+,38+,40+,41-,42?,43-,44?,45-,46+,48-,49-,50+,52+,53-,59?,60?,61+/m0/s1. The normalized spacial score (nSPS) is 39.8. The molecule has 6 aliphatic rings. The molecule has 19 atom stereocenters. The number of nitriles is 2. The number of methoxy groups -OCH3 is 3. The minimum absolute atomic E-state index is 0.0163. The van der Waals surface area contributed by atoms with Crippen molar-refractivity contribution in [3.63, 3.8) is 0 Å². The number of esters is 3. The molecule has 4 bridgehead atoms. The van der Waals surface area contributed by atoms with E-state index in [1.165, 1.54) is 47.3 Å². The zero-order chi connectivity index (χ0) is 60.3. The summed E-state index contributed by atoms with van der Waals surface area (Å²) in [6, 6.07) is 2.90. The number of ether oxygens (including phenoxy) is 7. The second-order valence-electron chi connectivity index (χ2n) is 23.5. The van der Waals surface area contributed by atoms with E-state index in [1.807, 2.05) is 6.92 Å². The van der Waals surface area contributed by atoms with Crippen LogP contribution < -0.4 is 0 Å². The average Bonchev–Trinajstić information content (AvgIpc) is 3.34. The van der Waals surface area contributed by atoms with Gasteiger partial charge in [0, 0.05) is 70.3 Å². The van der Waals surface area contributed by atoms with Gasteiger partial charge in [0.25, 0.3) is 11.7 Å². The number of piperidine rings is 1. The Labute approximate surface area is 477 Å². The van der Waals surface area contributed by atoms with Crippen LogP contribution in [0.2, 0.25) is 0 Å². The number of hydrogen-bond donors (Lipinski definition) is 3. The molecule has 4 heterocycles. The molecule has 4 unspecified atom stereocenters. The molecular formula is C61H89N3O17. The summed E-state index contributed by atoms with van der Waals surface area (Å²) in [6.45, 7) is 14.1. The molecule has 0 spiro atoms. The van der Waals surface area contributed by atoms with Gasteiger partial charge in [-0.2, -0.15) is 10.5 Å². The number of carbonyl (C=O) groups excluding carboxylic acids is 7. The van der Waals surface area contributed by atoms with Crippen molar-refractivity contribution in [2.45, 2.75) is 194 Å². The van der Waals surface area contributed by atoms with Crippen LogP contribution in [0.4, 0.5) is 0 Å². The number of amides is 1. The lowest BCUT2D eigenvalue weighted by atomic mass is 9.48. The minimum atomic E-state index is -2.65. The summed E-state index contributed by atoms with van der Waals surface area (Å²) in [5.41, 5.74) is -4.55. The molecule has 0 aromatic carbocycles. The number of allylic oxidation sites excluding steroid dienone is 4. The van der Waals surface area contributed by atoms with Crippen LogP contribution in [-0.4, -0.2) is 157 Å². The fraction of sp³-hybridized carbons (Fsp3) is 0.754. The van der Waals surface area contributed by atoms with Gasteiger partial charge >= 0.3 is 17.9 Å². The van der Waals surface area contributed by atoms with Gasteiger partial charge in [-0.1, -0.05) is 58.9 Å². The Morgan fingerprint density at radius 2 is 1.47 bits per heavy atom. The maximum atomic E-state index is 14.7. The Balaban J connectivity index is 1.65. The number of carbonyl (C=O) groups is 7. The lowest BCUT2D eigenvalue weighted by Crippen LogP contribution is -2.61. The van der Waals surface area contributed by atoms with Crippen LogP contribution in [0.1, 0.15) is 139 Å². The number of ketones is 3. The largest absolute Gasteiger partial charge is 0.465 e. The number of nitrogens with zero attached hydrogens (tertiary/aromatic N) is 3. The van der Waals surface area contributed by atoms with Gasteiger partial charge in [0.05, 0.1) is 49.8 Å². The van der Waals surface area contributed by atoms with Gasteiger partial charge in [0.1, 0.15) is 30.1 Å². The molecule has 450 valence electrons. The van der Waals surface area contributed by atoms with E-state index in [-0.39, 0.29) is 69.1 Å². The van der Waals surface area contributed by atoms with Crippen LogP contribution in [0.15, 0.2) is 35.5 Å². The highest BCUT2D eigenvalue weighted by Crippen LogP contribution is 2.58. The third-order valence-electron chi connectivity index (χ3n) is 18.2. The van der Waals surface area contributed by atoms with Crippen LogP contribution in [0.25, 0.3) is 0 Å². The molecule has 4 aliphatic heterocycles. The van der Waals surface area contributed by atoms with E-state index in [0.717, 1.165) is 4.90 Å². The van der Waals surface area contributed by atoms with Crippen molar-refractivity contribution in [2.75, 3.05) is 41.1 Å². The number of Topliss-reactive ketones (excluding diaryl/α,β-unsaturated/α-hetero) is 3. The van der Waals surface area contributed by atoms with Crippen molar-refractivity contribution in [3.05, 3.63) is 35.5 Å². The van der Waals surface area contributed by atoms with E-state index < -0.39 is 142 Å². The molecular weight excluding hydrogens is 1050 g/mol. The topological polar surface area (TPSA) is 296 Å². The monoisotopic (exact) mass is 1140 g/mol. The van der Waals surface area contributed by atoms with E-state index >= 15 is 0 Å². The summed E-state index contributed by atoms with van der Waals surface area (Å²) in [5, 5.41) is 57.5. The van der Waals surface area contributed by atoms with Crippen LogP contribution in [0.5, 0.6) is 0 Å². The van der Waals surface area contributed by atoms with Gasteiger partial charge in [0.2, 0.25) is 5.79 Å². The average molecular weight is 1140 g/mol. The van der Waals surface area contributed by atoms with Gasteiger partial charge in [-0.05, 0) is 121 Å². The Bertz CT molecular complexity index is 2460. The summed E-state index contributed by atoms with van der Waals surface area (Å²) < 4.78 is 40.9. The second-order valence-corrected chi connectivity index (χ2v) is 23.5. The second kappa shape index (κ2) is 28.9. The van der Waals surface area contributed by atoms with Gasteiger partial charge in [0.15, 0.2) is 16.6 Å². The highest BCUT2D eigenvalue weighted by atomic mass is 16.6. The highest BCUT2D eigenvalue weighted by Gasteiger charge is 2.72. The molecule has 20 nitrogen and oxygen atoms in total. The van der Waals surface area contributed by atoms with Gasteiger partial charge in [-0.15, -0.1) is 0 Å². The first-order valence-electron chi connectivity index (χ1n) is 29.0. The molecule has 81 heavy (non-hydrogen) atoms. The first-order valence-corrected chi connectivity index (χ1v) is 29.0. The molecule has 0 radical (unpaired) electrons. The fourth-order valence-corrected chi connectivity index (χ4v) is 13.3. The molecule has 3 fully saturated rings. The smallest absolute Gasteiger partial charge is 0.329 e. The molecule has 1 saturated carbocycles. The summed E-state index contributed by atoms with van der Waals surface area (Å²) in [4.78, 5) is 103. The molecule has 0 aromatic heterocycles. The van der Waals surface area contributed by atoms with E-state index in [4.69, 9.17) is 33.2 Å². The van der Waals surface area contributed by atoms with Gasteiger partial charge in [-0.25, -0.2) is 4.79 Å². The maximum absolute atomic E-state index is 14.7. The fourth-order valence-electron chi connectivity index (χ4n) is 13.3. The first-order chi connectivity index (χ1) is 38.3. The van der Waals surface area contributed by atoms with Crippen molar-refractivity contribution >= 4 is 41.2 Å². The van der Waals surface area contributed by atoms with Crippen LogP contribution in [-0.2, 0) is 66.7 Å². The molecule has 2 aliphatic carbocycles. The SMILES string of the molecule is CCOC(=O)C1(C#N)C2C=CC([C@@H](C)C[C@@H](C)C(=O)[C@H](OC)[C@H](O)/C(C)=C\[C@@H](C)C(=O)C[C@@H]([C@H](C)C[C@@H]3CC[C@@H](O)[C@H](OC)C3)OC(=O)[C@@H]3CCCCN3C(=O)C(=O)[C@]3(O)O[C@@H](CC[C@H]3C)C[C@H](OC)/C(C)=C/2)C1(C#N)C(=O)OCC. The third kappa shape index (κ3) is 13.9. The summed E-state index contributed by atoms with van der Waals surface area (Å²) in [7, 11) is 4.19. The molecule has 1 amide bonds. The number of aliphatic hydroxyl groups excluding tert-OH is 2. The van der Waals surface area contributed by atoms with Crippen LogP contribution in [0, 0.1) is 80.8 Å². The lowest BCUT2D eigenvalue weighted by Gasteiger charge is -2.49. The number of hydrogen-bond acceptors (Lipinski definition) is 19. The minimum Gasteiger partial charge on any atom is -0.465 e. The van der Waals surface area contributed by atoms with E-state index in [9.17, 15) is 59.4 Å². The van der Waals surface area contributed by atoms with Crippen LogP contribution >= 0.6 is 0 Å². The van der Waals surface area contributed by atoms with Gasteiger partial charge < -0.3 is 53.4 Å². The molecule has 2 saturated heterocycles. The van der Waals surface area contributed by atoms with E-state index in [2.05, 4.69) is 12.1 Å². The molecule has 3 N–H and O–H groups in total. The Kier molecular flexibility index (Phi) is 23.7. The third-order valence-corrected chi connectivity index (χ3v) is 18.2. The molecule has 6 rings (SSSR count). The molecule has 0 aromatic rings. The summed E-state index contributed by atoms with van der Waals surface area (Å²) in [5.74, 6) is -15.6. The van der Waals surface area contributed by atoms with Crippen molar-refractivity contribution in [2.24, 2.45) is 58.2 Å². The van der Waals surface area contributed by atoms with Gasteiger partial charge in [-0.3, -0.25) is 28.8 Å². The zero-order valence-electron chi connectivity index (χ0n) is 49.6. The maximum Gasteiger partial charge on any atom is 0.329 e. The van der Waals surface area contributed by atoms with Crippen molar-refractivity contribution < 1.29 is 82.0 Å². The first kappa shape index (κ1) is 66.6. The number of rotatable bonds is 10. The quantitative estimate of drug-likeness (QED) is 0.0975. The predicted octanol–water partition coefficient (Wildman–Crippen LogP) is 6.02. The Morgan fingerprint density at radius 3 is 2.07 bits per heavy atom. The predicted molar refractivity (Wildman–Crippen MR) is 292 cm³/mol. The van der Waals surface area contributed by atoms with Crippen molar-refractivity contribution in [1.82, 2.24) is 4.90 Å². The summed E-state index contributed by atoms with van der Waals surface area (Å²) in [6.07, 6.45) is 2.68.